The van der Waals surface area contributed by atoms with E-state index < -0.39 is 0 Å². The lowest BCUT2D eigenvalue weighted by molar-refractivity contribution is -0.135. The molecule has 1 saturated carbocycles. The van der Waals surface area contributed by atoms with Crippen LogP contribution in [0.4, 0.5) is 0 Å². The number of rotatable bonds is 9. The lowest BCUT2D eigenvalue weighted by Gasteiger charge is -2.36. The van der Waals surface area contributed by atoms with E-state index in [-0.39, 0.29) is 12.2 Å². The summed E-state index contributed by atoms with van der Waals surface area (Å²) < 4.78 is 11.7. The number of fused-ring (bicyclic) bond motifs is 1. The summed E-state index contributed by atoms with van der Waals surface area (Å²) in [6.07, 6.45) is 12.2. The van der Waals surface area contributed by atoms with Crippen molar-refractivity contribution in [2.24, 2.45) is 5.92 Å². The maximum absolute atomic E-state index is 10.5. The lowest BCUT2D eigenvalue weighted by Crippen LogP contribution is -2.41. The van der Waals surface area contributed by atoms with Gasteiger partial charge in [0, 0.05) is 31.2 Å². The van der Waals surface area contributed by atoms with Crippen molar-refractivity contribution in [2.75, 3.05) is 19.6 Å². The first kappa shape index (κ1) is 22.1. The summed E-state index contributed by atoms with van der Waals surface area (Å²) in [6, 6.07) is 8.63. The van der Waals surface area contributed by atoms with Gasteiger partial charge in [-0.2, -0.15) is 0 Å². The molecule has 1 aliphatic carbocycles. The topological polar surface area (TPSA) is 51.7 Å². The second-order valence-corrected chi connectivity index (χ2v) is 9.27. The van der Waals surface area contributed by atoms with E-state index in [2.05, 4.69) is 35.0 Å². The van der Waals surface area contributed by atoms with Crippen molar-refractivity contribution in [3.63, 3.8) is 0 Å². The summed E-state index contributed by atoms with van der Waals surface area (Å²) in [4.78, 5) is 17.7. The number of carbonyl (C=O) groups is 1. The number of ether oxygens (including phenoxy) is 2. The van der Waals surface area contributed by atoms with Gasteiger partial charge >= 0.3 is 0 Å². The minimum absolute atomic E-state index is 0.143. The smallest absolute Gasteiger partial charge is 0.293 e. The Morgan fingerprint density at radius 1 is 1.10 bits per heavy atom. The number of benzene rings is 1. The summed E-state index contributed by atoms with van der Waals surface area (Å²) >= 11 is 0. The Labute approximate surface area is 186 Å². The third-order valence-electron chi connectivity index (χ3n) is 6.94. The molecule has 168 valence electrons. The van der Waals surface area contributed by atoms with Crippen molar-refractivity contribution in [2.45, 2.75) is 76.9 Å². The molecule has 2 aliphatic rings. The quantitative estimate of drug-likeness (QED) is 0.521. The van der Waals surface area contributed by atoms with Gasteiger partial charge in [0.25, 0.3) is 6.47 Å². The molecule has 31 heavy (non-hydrogen) atoms. The molecule has 0 bridgehead atoms. The zero-order valence-electron chi connectivity index (χ0n) is 18.8. The predicted molar refractivity (Wildman–Crippen MR) is 123 cm³/mol. The van der Waals surface area contributed by atoms with E-state index in [9.17, 15) is 4.79 Å². The maximum atomic E-state index is 10.5. The molecule has 1 aromatic carbocycles. The molecule has 0 radical (unpaired) electrons. The van der Waals surface area contributed by atoms with Gasteiger partial charge in [0.2, 0.25) is 0 Å². The average molecular weight is 425 g/mol. The van der Waals surface area contributed by atoms with E-state index in [4.69, 9.17) is 9.47 Å². The van der Waals surface area contributed by atoms with Gasteiger partial charge in [0.05, 0.1) is 0 Å². The fourth-order valence-electron chi connectivity index (χ4n) is 5.12. The number of unbranched alkanes of at least 4 members (excludes halogenated alkanes) is 1. The van der Waals surface area contributed by atoms with Crippen molar-refractivity contribution in [3.05, 3.63) is 36.0 Å². The normalized spacial score (nSPS) is 23.0. The third kappa shape index (κ3) is 5.97. The highest BCUT2D eigenvalue weighted by atomic mass is 16.5. The Morgan fingerprint density at radius 3 is 2.65 bits per heavy atom. The molecular formula is C26H36N2O3. The molecule has 1 aromatic heterocycles. The molecule has 1 aliphatic heterocycles. The summed E-state index contributed by atoms with van der Waals surface area (Å²) in [7, 11) is 0. The molecule has 2 heterocycles. The minimum atomic E-state index is 0.143. The average Bonchev–Trinajstić information content (AvgIpc) is 2.80. The van der Waals surface area contributed by atoms with Crippen molar-refractivity contribution < 1.29 is 14.3 Å². The molecule has 1 saturated heterocycles. The molecule has 0 atom stereocenters. The van der Waals surface area contributed by atoms with Crippen LogP contribution in [0, 0.1) is 5.92 Å². The fourth-order valence-corrected chi connectivity index (χ4v) is 5.12. The fraction of sp³-hybridized carbons (Fsp3) is 0.615. The maximum Gasteiger partial charge on any atom is 0.293 e. The molecule has 0 unspecified atom stereocenters. The van der Waals surface area contributed by atoms with Crippen LogP contribution in [-0.4, -0.2) is 48.2 Å². The standard InChI is InChI=1S/C26H36N2O3/c1-2-3-5-21-16-22-6-4-13-27-26(22)25(17-21)31-24-11-14-28(15-12-24)18-20-7-9-23(10-8-20)30-19-29/h4,6,13,16-17,19-20,23-24H,2-3,5,7-12,14-15,18H2,1H3. The first-order chi connectivity index (χ1) is 15.2. The number of nitrogens with zero attached hydrogens (tertiary/aromatic N) is 2. The van der Waals surface area contributed by atoms with Crippen LogP contribution in [-0.2, 0) is 16.0 Å². The SMILES string of the molecule is CCCCc1cc(OC2CCN(CC3CCC(OC=O)CC3)CC2)c2ncccc2c1. The number of hydrogen-bond acceptors (Lipinski definition) is 5. The Balaban J connectivity index is 1.31. The molecule has 5 heteroatoms. The number of aryl methyl sites for hydroxylation is 1. The number of pyridine rings is 1. The molecule has 4 rings (SSSR count). The Kier molecular flexibility index (Phi) is 7.79. The van der Waals surface area contributed by atoms with Crippen molar-refractivity contribution in [3.8, 4) is 5.75 Å². The van der Waals surface area contributed by atoms with Crippen LogP contribution in [0.2, 0.25) is 0 Å². The van der Waals surface area contributed by atoms with Gasteiger partial charge in [-0.15, -0.1) is 0 Å². The summed E-state index contributed by atoms with van der Waals surface area (Å²) in [5.74, 6) is 1.68. The van der Waals surface area contributed by atoms with E-state index in [1.807, 2.05) is 12.3 Å². The van der Waals surface area contributed by atoms with Crippen LogP contribution < -0.4 is 4.74 Å². The van der Waals surface area contributed by atoms with Gasteiger partial charge in [-0.1, -0.05) is 19.4 Å². The van der Waals surface area contributed by atoms with Crippen molar-refractivity contribution >= 4 is 17.4 Å². The molecule has 2 aromatic rings. The molecule has 5 nitrogen and oxygen atoms in total. The molecule has 0 amide bonds. The van der Waals surface area contributed by atoms with E-state index in [1.54, 1.807) is 0 Å². The second-order valence-electron chi connectivity index (χ2n) is 9.27. The summed E-state index contributed by atoms with van der Waals surface area (Å²) in [5.41, 5.74) is 2.34. The lowest BCUT2D eigenvalue weighted by atomic mass is 9.86. The van der Waals surface area contributed by atoms with E-state index >= 15 is 0 Å². The van der Waals surface area contributed by atoms with Crippen LogP contribution in [0.25, 0.3) is 10.9 Å². The van der Waals surface area contributed by atoms with E-state index in [1.165, 1.54) is 23.8 Å². The summed E-state index contributed by atoms with van der Waals surface area (Å²) in [6.45, 7) is 6.19. The van der Waals surface area contributed by atoms with Crippen LogP contribution >= 0.6 is 0 Å². The number of carbonyl (C=O) groups excluding carboxylic acids is 1. The number of piperidine rings is 1. The molecule has 2 fully saturated rings. The monoisotopic (exact) mass is 424 g/mol. The highest BCUT2D eigenvalue weighted by Gasteiger charge is 2.27. The zero-order valence-corrected chi connectivity index (χ0v) is 18.8. The van der Waals surface area contributed by atoms with E-state index in [0.29, 0.717) is 6.47 Å². The van der Waals surface area contributed by atoms with Gasteiger partial charge in [-0.3, -0.25) is 9.78 Å². The Morgan fingerprint density at radius 2 is 1.90 bits per heavy atom. The van der Waals surface area contributed by atoms with Crippen molar-refractivity contribution in [1.82, 2.24) is 9.88 Å². The third-order valence-corrected chi connectivity index (χ3v) is 6.94. The first-order valence-corrected chi connectivity index (χ1v) is 12.1. The minimum Gasteiger partial charge on any atom is -0.488 e. The van der Waals surface area contributed by atoms with Gasteiger partial charge in [-0.05, 0) is 81.0 Å². The van der Waals surface area contributed by atoms with Crippen molar-refractivity contribution in [1.29, 1.82) is 0 Å². The highest BCUT2D eigenvalue weighted by molar-refractivity contribution is 5.85. The molecule has 0 spiro atoms. The first-order valence-electron chi connectivity index (χ1n) is 12.1. The number of hydrogen-bond donors (Lipinski definition) is 0. The van der Waals surface area contributed by atoms with Crippen LogP contribution in [0.3, 0.4) is 0 Å². The largest absolute Gasteiger partial charge is 0.488 e. The number of aromatic nitrogens is 1. The van der Waals surface area contributed by atoms with Gasteiger partial charge in [0.1, 0.15) is 23.5 Å². The van der Waals surface area contributed by atoms with Gasteiger partial charge < -0.3 is 14.4 Å². The van der Waals surface area contributed by atoms with Crippen LogP contribution in [0.5, 0.6) is 5.75 Å². The van der Waals surface area contributed by atoms with Gasteiger partial charge in [-0.25, -0.2) is 0 Å². The van der Waals surface area contributed by atoms with Crippen LogP contribution in [0.15, 0.2) is 30.5 Å². The summed E-state index contributed by atoms with van der Waals surface area (Å²) in [5, 5.41) is 1.18. The Hall–Kier alpha value is -2.14. The molecule has 0 N–H and O–H groups in total. The second kappa shape index (κ2) is 10.9. The number of likely N-dealkylation sites (tertiary alicyclic amines) is 1. The highest BCUT2D eigenvalue weighted by Crippen LogP contribution is 2.31. The Bertz CT molecular complexity index is 840. The van der Waals surface area contributed by atoms with Crippen LogP contribution in [0.1, 0.15) is 63.9 Å². The molecular weight excluding hydrogens is 388 g/mol. The van der Waals surface area contributed by atoms with E-state index in [0.717, 1.165) is 81.8 Å². The predicted octanol–water partition coefficient (Wildman–Crippen LogP) is 5.15. The van der Waals surface area contributed by atoms with Gasteiger partial charge in [0.15, 0.2) is 0 Å². The zero-order chi connectivity index (χ0) is 21.5.